The Bertz CT molecular complexity index is 136. The van der Waals surface area contributed by atoms with Crippen LogP contribution in [-0.2, 0) is 10.8 Å². The molecule has 74 valence electrons. The molecule has 0 radical (unpaired) electrons. The van der Waals surface area contributed by atoms with E-state index in [-0.39, 0.29) is 0 Å². The normalized spacial score (nSPS) is 16.4. The average Bonchev–Trinajstić information content (AvgIpc) is 2.03. The summed E-state index contributed by atoms with van der Waals surface area (Å²) in [4.78, 5) is 0. The van der Waals surface area contributed by atoms with Crippen LogP contribution in [0.15, 0.2) is 0 Å². The first-order valence-corrected chi connectivity index (χ1v) is 6.08. The van der Waals surface area contributed by atoms with Crippen molar-refractivity contribution < 1.29 is 4.21 Å². The predicted octanol–water partition coefficient (Wildman–Crippen LogP) is 1.66. The minimum atomic E-state index is -0.646. The minimum absolute atomic E-state index is 0.294. The molecule has 0 amide bonds. The Kier molecular flexibility index (Phi) is 6.67. The van der Waals surface area contributed by atoms with Gasteiger partial charge in [-0.05, 0) is 19.3 Å². The fraction of sp³-hybridized carbons (Fsp3) is 1.00. The molecule has 2 N–H and O–H groups in total. The lowest BCUT2D eigenvalue weighted by atomic mass is 10.1. The standard InChI is InChI=1S/C9H21NOS/c1-4-9(10)6-5-7-12(11)8(2)3/h8-9H,4-7,10H2,1-3H3. The Balaban J connectivity index is 3.37. The number of rotatable bonds is 6. The van der Waals surface area contributed by atoms with Crippen LogP contribution in [0.1, 0.15) is 40.0 Å². The first kappa shape index (κ1) is 12.1. The van der Waals surface area contributed by atoms with Gasteiger partial charge in [0, 0.05) is 27.8 Å². The number of hydrogen-bond donors (Lipinski definition) is 1. The summed E-state index contributed by atoms with van der Waals surface area (Å²) in [7, 11) is -0.646. The molecule has 0 rings (SSSR count). The molecule has 12 heavy (non-hydrogen) atoms. The Labute approximate surface area is 78.4 Å². The van der Waals surface area contributed by atoms with Crippen LogP contribution in [0.2, 0.25) is 0 Å². The minimum Gasteiger partial charge on any atom is -0.328 e. The molecule has 2 nitrogen and oxygen atoms in total. The second-order valence-corrected chi connectivity index (χ2v) is 5.56. The van der Waals surface area contributed by atoms with E-state index in [4.69, 9.17) is 5.73 Å². The van der Waals surface area contributed by atoms with Crippen LogP contribution in [-0.4, -0.2) is 21.3 Å². The highest BCUT2D eigenvalue weighted by molar-refractivity contribution is 7.85. The zero-order valence-corrected chi connectivity index (χ0v) is 9.19. The average molecular weight is 191 g/mol. The Morgan fingerprint density at radius 2 is 2.00 bits per heavy atom. The lowest BCUT2D eigenvalue weighted by Crippen LogP contribution is -2.20. The summed E-state index contributed by atoms with van der Waals surface area (Å²) in [6, 6.07) is 0.300. The first-order chi connectivity index (χ1) is 5.57. The molecular weight excluding hydrogens is 170 g/mol. The number of hydrogen-bond acceptors (Lipinski definition) is 2. The van der Waals surface area contributed by atoms with Crippen LogP contribution in [0.3, 0.4) is 0 Å². The van der Waals surface area contributed by atoms with Crippen molar-refractivity contribution in [2.75, 3.05) is 5.75 Å². The van der Waals surface area contributed by atoms with Crippen LogP contribution in [0.4, 0.5) is 0 Å². The van der Waals surface area contributed by atoms with Crippen LogP contribution < -0.4 is 5.73 Å². The largest absolute Gasteiger partial charge is 0.328 e. The third kappa shape index (κ3) is 5.72. The Morgan fingerprint density at radius 3 is 2.42 bits per heavy atom. The lowest BCUT2D eigenvalue weighted by molar-refractivity contribution is 0.585. The molecule has 0 spiro atoms. The summed E-state index contributed by atoms with van der Waals surface area (Å²) < 4.78 is 11.3. The summed E-state index contributed by atoms with van der Waals surface area (Å²) in [6.07, 6.45) is 3.03. The third-order valence-electron chi connectivity index (χ3n) is 1.97. The van der Waals surface area contributed by atoms with Gasteiger partial charge in [-0.3, -0.25) is 4.21 Å². The van der Waals surface area contributed by atoms with Gasteiger partial charge >= 0.3 is 0 Å². The van der Waals surface area contributed by atoms with Crippen molar-refractivity contribution in [2.45, 2.75) is 51.3 Å². The van der Waals surface area contributed by atoms with Gasteiger partial charge in [-0.25, -0.2) is 0 Å². The van der Waals surface area contributed by atoms with Crippen molar-refractivity contribution in [3.05, 3.63) is 0 Å². The van der Waals surface area contributed by atoms with Crippen molar-refractivity contribution in [2.24, 2.45) is 5.73 Å². The molecule has 0 saturated heterocycles. The highest BCUT2D eigenvalue weighted by Crippen LogP contribution is 2.02. The molecule has 0 aromatic carbocycles. The molecule has 0 aromatic rings. The molecule has 3 heteroatoms. The van der Waals surface area contributed by atoms with E-state index in [1.807, 2.05) is 13.8 Å². The summed E-state index contributed by atoms with van der Waals surface area (Å²) in [5.41, 5.74) is 5.74. The van der Waals surface area contributed by atoms with Gasteiger partial charge in [0.1, 0.15) is 0 Å². The van der Waals surface area contributed by atoms with E-state index in [2.05, 4.69) is 6.92 Å². The zero-order valence-electron chi connectivity index (χ0n) is 8.38. The van der Waals surface area contributed by atoms with E-state index in [0.29, 0.717) is 11.3 Å². The molecule has 0 fully saturated rings. The van der Waals surface area contributed by atoms with E-state index >= 15 is 0 Å². The van der Waals surface area contributed by atoms with Gasteiger partial charge < -0.3 is 5.73 Å². The summed E-state index contributed by atoms with van der Waals surface area (Å²) in [5.74, 6) is 0.811. The molecule has 2 atom stereocenters. The molecule has 0 aliphatic heterocycles. The molecule has 2 unspecified atom stereocenters. The lowest BCUT2D eigenvalue weighted by Gasteiger charge is -2.08. The van der Waals surface area contributed by atoms with Gasteiger partial charge in [-0.1, -0.05) is 20.8 Å². The van der Waals surface area contributed by atoms with Gasteiger partial charge in [0.15, 0.2) is 0 Å². The summed E-state index contributed by atoms with van der Waals surface area (Å²) in [6.45, 7) is 6.08. The molecule has 0 aliphatic carbocycles. The van der Waals surface area contributed by atoms with Gasteiger partial charge in [0.05, 0.1) is 0 Å². The third-order valence-corrected chi connectivity index (χ3v) is 3.71. The first-order valence-electron chi connectivity index (χ1n) is 4.70. The monoisotopic (exact) mass is 191 g/mol. The quantitative estimate of drug-likeness (QED) is 0.694. The van der Waals surface area contributed by atoms with E-state index in [1.54, 1.807) is 0 Å². The molecule has 0 bridgehead atoms. The van der Waals surface area contributed by atoms with Crippen LogP contribution >= 0.6 is 0 Å². The molecular formula is C9H21NOS. The fourth-order valence-corrected chi connectivity index (χ4v) is 1.85. The molecule has 0 heterocycles. The SMILES string of the molecule is CCC(N)CCCS(=O)C(C)C. The van der Waals surface area contributed by atoms with Gasteiger partial charge in [0.25, 0.3) is 0 Å². The topological polar surface area (TPSA) is 43.1 Å². The molecule has 0 saturated carbocycles. The van der Waals surface area contributed by atoms with Crippen molar-refractivity contribution in [3.8, 4) is 0 Å². The van der Waals surface area contributed by atoms with Crippen LogP contribution in [0.25, 0.3) is 0 Å². The number of nitrogens with two attached hydrogens (primary N) is 1. The van der Waals surface area contributed by atoms with Gasteiger partial charge in [0.2, 0.25) is 0 Å². The Morgan fingerprint density at radius 1 is 1.42 bits per heavy atom. The maximum absolute atomic E-state index is 11.3. The smallest absolute Gasteiger partial charge is 0.0291 e. The fourth-order valence-electron chi connectivity index (χ4n) is 0.928. The van der Waals surface area contributed by atoms with Gasteiger partial charge in [-0.15, -0.1) is 0 Å². The van der Waals surface area contributed by atoms with Crippen molar-refractivity contribution in [3.63, 3.8) is 0 Å². The zero-order chi connectivity index (χ0) is 9.56. The maximum Gasteiger partial charge on any atom is 0.0291 e. The summed E-state index contributed by atoms with van der Waals surface area (Å²) >= 11 is 0. The second kappa shape index (κ2) is 6.61. The molecule has 0 aromatic heterocycles. The van der Waals surface area contributed by atoms with Crippen molar-refractivity contribution in [1.29, 1.82) is 0 Å². The van der Waals surface area contributed by atoms with Gasteiger partial charge in [-0.2, -0.15) is 0 Å². The summed E-state index contributed by atoms with van der Waals surface area (Å²) in [5, 5.41) is 0.294. The van der Waals surface area contributed by atoms with Crippen molar-refractivity contribution >= 4 is 10.8 Å². The van der Waals surface area contributed by atoms with E-state index < -0.39 is 10.8 Å². The van der Waals surface area contributed by atoms with Crippen LogP contribution in [0, 0.1) is 0 Å². The van der Waals surface area contributed by atoms with Crippen LogP contribution in [0.5, 0.6) is 0 Å². The van der Waals surface area contributed by atoms with Crippen molar-refractivity contribution in [1.82, 2.24) is 0 Å². The predicted molar refractivity (Wildman–Crippen MR) is 55.6 cm³/mol. The van der Waals surface area contributed by atoms with E-state index in [9.17, 15) is 4.21 Å². The second-order valence-electron chi connectivity index (χ2n) is 3.44. The highest BCUT2D eigenvalue weighted by Gasteiger charge is 2.05. The van der Waals surface area contributed by atoms with E-state index in [0.717, 1.165) is 25.0 Å². The highest BCUT2D eigenvalue weighted by atomic mass is 32.2. The Hall–Kier alpha value is 0.110. The molecule has 0 aliphatic rings. The maximum atomic E-state index is 11.3. The van der Waals surface area contributed by atoms with E-state index in [1.165, 1.54) is 0 Å².